The van der Waals surface area contributed by atoms with Crippen molar-refractivity contribution in [1.29, 1.82) is 0 Å². The van der Waals surface area contributed by atoms with E-state index in [1.54, 1.807) is 0 Å². The number of hydrogen-bond donors (Lipinski definition) is 1. The maximum absolute atomic E-state index is 6.06. The van der Waals surface area contributed by atoms with E-state index in [-0.39, 0.29) is 0 Å². The highest BCUT2D eigenvalue weighted by molar-refractivity contribution is 9.10. The fourth-order valence-electron chi connectivity index (χ4n) is 2.20. The van der Waals surface area contributed by atoms with E-state index in [4.69, 9.17) is 5.73 Å². The predicted octanol–water partition coefficient (Wildman–Crippen LogP) is 3.45. The molecule has 90 valence electrons. The molecule has 17 heavy (non-hydrogen) atoms. The van der Waals surface area contributed by atoms with E-state index < -0.39 is 0 Å². The van der Waals surface area contributed by atoms with Crippen LogP contribution in [0.4, 0.5) is 5.82 Å². The van der Waals surface area contributed by atoms with Gasteiger partial charge in [0, 0.05) is 0 Å². The molecule has 0 atom stereocenters. The fourth-order valence-corrected chi connectivity index (χ4v) is 2.45. The van der Waals surface area contributed by atoms with Gasteiger partial charge in [-0.15, -0.1) is 0 Å². The fraction of sp³-hybridized carbons (Fsp3) is 0.308. The van der Waals surface area contributed by atoms with Crippen LogP contribution in [0.3, 0.4) is 0 Å². The summed E-state index contributed by atoms with van der Waals surface area (Å²) < 4.78 is 2.68. The highest BCUT2D eigenvalue weighted by Gasteiger charge is 2.14. The minimum Gasteiger partial charge on any atom is -0.383 e. The van der Waals surface area contributed by atoms with Gasteiger partial charge in [-0.1, -0.05) is 17.7 Å². The molecule has 0 fully saturated rings. The Morgan fingerprint density at radius 2 is 1.65 bits per heavy atom. The molecular weight excluding hydrogens is 278 g/mol. The second kappa shape index (κ2) is 4.18. The summed E-state index contributed by atoms with van der Waals surface area (Å²) in [6, 6.07) is 4.29. The summed E-state index contributed by atoms with van der Waals surface area (Å²) in [6.07, 6.45) is 0. The Hall–Kier alpha value is -1.29. The maximum atomic E-state index is 6.06. The zero-order chi connectivity index (χ0) is 12.7. The molecule has 0 unspecified atom stereocenters. The summed E-state index contributed by atoms with van der Waals surface area (Å²) in [5.74, 6) is 0.651. The summed E-state index contributed by atoms with van der Waals surface area (Å²) in [7, 11) is 0. The van der Waals surface area contributed by atoms with Crippen LogP contribution in [0.15, 0.2) is 16.6 Å². The van der Waals surface area contributed by atoms with Gasteiger partial charge in [-0.3, -0.25) is 0 Å². The van der Waals surface area contributed by atoms with Crippen molar-refractivity contribution in [2.45, 2.75) is 27.7 Å². The molecule has 2 rings (SSSR count). The number of hydrogen-bond acceptors (Lipinski definition) is 2. The zero-order valence-electron chi connectivity index (χ0n) is 10.5. The molecule has 4 heteroatoms. The van der Waals surface area contributed by atoms with Crippen molar-refractivity contribution >= 4 is 21.7 Å². The number of benzene rings is 1. The van der Waals surface area contributed by atoms with Crippen LogP contribution in [0.2, 0.25) is 0 Å². The Balaban J connectivity index is 2.73. The van der Waals surface area contributed by atoms with Crippen molar-refractivity contribution in [1.82, 2.24) is 9.78 Å². The van der Waals surface area contributed by atoms with Crippen molar-refractivity contribution in [2.75, 3.05) is 5.73 Å². The number of nitrogens with zero attached hydrogens (tertiary/aromatic N) is 2. The van der Waals surface area contributed by atoms with Gasteiger partial charge < -0.3 is 5.73 Å². The molecule has 0 aliphatic carbocycles. The smallest absolute Gasteiger partial charge is 0.141 e. The minimum atomic E-state index is 0.651. The van der Waals surface area contributed by atoms with E-state index in [9.17, 15) is 0 Å². The largest absolute Gasteiger partial charge is 0.383 e. The third-order valence-corrected chi connectivity index (χ3v) is 3.85. The standard InChI is InChI=1S/C13H16BrN3/c1-7-5-8(2)12(9(3)6-7)17-13(15)11(14)10(4)16-17/h5-6H,15H2,1-4H3. The molecule has 0 aliphatic rings. The monoisotopic (exact) mass is 293 g/mol. The van der Waals surface area contributed by atoms with Gasteiger partial charge >= 0.3 is 0 Å². The number of nitrogens with two attached hydrogens (primary N) is 1. The summed E-state index contributed by atoms with van der Waals surface area (Å²) in [4.78, 5) is 0. The van der Waals surface area contributed by atoms with Crippen LogP contribution in [-0.2, 0) is 0 Å². The number of aromatic nitrogens is 2. The lowest BCUT2D eigenvalue weighted by Crippen LogP contribution is -2.06. The first-order valence-corrected chi connectivity index (χ1v) is 6.30. The van der Waals surface area contributed by atoms with Crippen LogP contribution in [0.25, 0.3) is 5.69 Å². The number of halogens is 1. The highest BCUT2D eigenvalue weighted by atomic mass is 79.9. The van der Waals surface area contributed by atoms with Gasteiger partial charge in [0.1, 0.15) is 5.82 Å². The lowest BCUT2D eigenvalue weighted by atomic mass is 10.1. The molecule has 1 aromatic heterocycles. The lowest BCUT2D eigenvalue weighted by molar-refractivity contribution is 0.857. The summed E-state index contributed by atoms with van der Waals surface area (Å²) in [5, 5.41) is 4.48. The van der Waals surface area contributed by atoms with Crippen LogP contribution < -0.4 is 5.73 Å². The molecular formula is C13H16BrN3. The summed E-state index contributed by atoms with van der Waals surface area (Å²) in [5.41, 5.74) is 11.7. The first-order valence-electron chi connectivity index (χ1n) is 5.50. The molecule has 0 aliphatic heterocycles. The Morgan fingerprint density at radius 3 is 2.06 bits per heavy atom. The normalized spacial score (nSPS) is 10.9. The summed E-state index contributed by atoms with van der Waals surface area (Å²) >= 11 is 3.45. The number of aryl methyl sites for hydroxylation is 4. The van der Waals surface area contributed by atoms with E-state index in [0.717, 1.165) is 15.9 Å². The van der Waals surface area contributed by atoms with Crippen LogP contribution in [-0.4, -0.2) is 9.78 Å². The molecule has 0 spiro atoms. The van der Waals surface area contributed by atoms with Gasteiger partial charge in [0.15, 0.2) is 0 Å². The second-order valence-corrected chi connectivity index (χ2v) is 5.24. The first-order chi connectivity index (χ1) is 7.91. The van der Waals surface area contributed by atoms with Crippen molar-refractivity contribution in [3.63, 3.8) is 0 Å². The van der Waals surface area contributed by atoms with Crippen LogP contribution in [0, 0.1) is 27.7 Å². The molecule has 1 heterocycles. The van der Waals surface area contributed by atoms with Crippen molar-refractivity contribution in [2.24, 2.45) is 0 Å². The third kappa shape index (κ3) is 1.97. The molecule has 0 radical (unpaired) electrons. The van der Waals surface area contributed by atoms with Gasteiger partial charge in [0.25, 0.3) is 0 Å². The third-order valence-electron chi connectivity index (χ3n) is 2.87. The van der Waals surface area contributed by atoms with E-state index in [0.29, 0.717) is 5.82 Å². The Kier molecular flexibility index (Phi) is 3.00. The number of rotatable bonds is 1. The van der Waals surface area contributed by atoms with E-state index in [2.05, 4.69) is 53.9 Å². The topological polar surface area (TPSA) is 43.8 Å². The Bertz CT molecular complexity index is 562. The average molecular weight is 294 g/mol. The van der Waals surface area contributed by atoms with Gasteiger partial charge in [-0.25, -0.2) is 4.68 Å². The number of nitrogen functional groups attached to an aromatic ring is 1. The van der Waals surface area contributed by atoms with Gasteiger partial charge in [-0.05, 0) is 54.8 Å². The van der Waals surface area contributed by atoms with Crippen molar-refractivity contribution in [3.8, 4) is 5.69 Å². The van der Waals surface area contributed by atoms with Crippen LogP contribution in [0.1, 0.15) is 22.4 Å². The van der Waals surface area contributed by atoms with E-state index in [1.165, 1.54) is 16.7 Å². The van der Waals surface area contributed by atoms with Gasteiger partial charge in [0.2, 0.25) is 0 Å². The van der Waals surface area contributed by atoms with E-state index in [1.807, 2.05) is 11.6 Å². The Morgan fingerprint density at radius 1 is 1.12 bits per heavy atom. The van der Waals surface area contributed by atoms with Gasteiger partial charge in [-0.2, -0.15) is 5.10 Å². The Labute approximate surface area is 110 Å². The van der Waals surface area contributed by atoms with Crippen LogP contribution >= 0.6 is 15.9 Å². The summed E-state index contributed by atoms with van der Waals surface area (Å²) in [6.45, 7) is 8.20. The second-order valence-electron chi connectivity index (χ2n) is 4.44. The molecule has 0 bridgehead atoms. The molecule has 1 aromatic carbocycles. The molecule has 2 N–H and O–H groups in total. The zero-order valence-corrected chi connectivity index (χ0v) is 12.1. The van der Waals surface area contributed by atoms with Crippen molar-refractivity contribution in [3.05, 3.63) is 39.0 Å². The molecule has 0 saturated heterocycles. The van der Waals surface area contributed by atoms with Crippen LogP contribution in [0.5, 0.6) is 0 Å². The van der Waals surface area contributed by atoms with E-state index >= 15 is 0 Å². The molecule has 0 amide bonds. The molecule has 2 aromatic rings. The molecule has 0 saturated carbocycles. The molecule has 3 nitrogen and oxygen atoms in total. The van der Waals surface area contributed by atoms with Gasteiger partial charge in [0.05, 0.1) is 15.9 Å². The lowest BCUT2D eigenvalue weighted by Gasteiger charge is -2.12. The SMILES string of the molecule is Cc1cc(C)c(-n2nc(C)c(Br)c2N)c(C)c1. The highest BCUT2D eigenvalue weighted by Crippen LogP contribution is 2.29. The minimum absolute atomic E-state index is 0.651. The maximum Gasteiger partial charge on any atom is 0.141 e. The quantitative estimate of drug-likeness (QED) is 0.875. The first kappa shape index (κ1) is 12.2. The number of anilines is 1. The predicted molar refractivity (Wildman–Crippen MR) is 74.6 cm³/mol. The average Bonchev–Trinajstić information content (AvgIpc) is 2.45. The van der Waals surface area contributed by atoms with Crippen molar-refractivity contribution < 1.29 is 0 Å².